The highest BCUT2D eigenvalue weighted by atomic mass is 16.6. The van der Waals surface area contributed by atoms with E-state index in [4.69, 9.17) is 47.9 Å². The summed E-state index contributed by atoms with van der Waals surface area (Å²) in [4.78, 5) is 18.6. The average Bonchev–Trinajstić information content (AvgIpc) is 4.31. The van der Waals surface area contributed by atoms with Crippen molar-refractivity contribution in [3.8, 4) is 67.5 Å². The summed E-state index contributed by atoms with van der Waals surface area (Å²) in [5, 5.41) is 0. The smallest absolute Gasteiger partial charge is 0.161 e. The maximum absolute atomic E-state index is 6.53. The molecule has 0 radical (unpaired) electrons. The van der Waals surface area contributed by atoms with Crippen molar-refractivity contribution in [2.24, 2.45) is 0 Å². The molecule has 6 heterocycles. The van der Waals surface area contributed by atoms with E-state index in [9.17, 15) is 0 Å². The van der Waals surface area contributed by atoms with Crippen LogP contribution in [0.3, 0.4) is 0 Å². The van der Waals surface area contributed by atoms with Gasteiger partial charge in [0.1, 0.15) is 26.4 Å². The second-order valence-electron chi connectivity index (χ2n) is 17.6. The van der Waals surface area contributed by atoms with Gasteiger partial charge in [0.15, 0.2) is 23.0 Å². The van der Waals surface area contributed by atoms with Crippen molar-refractivity contribution >= 4 is 46.4 Å². The Morgan fingerprint density at radius 2 is 0.568 bits per heavy atom. The molecule has 0 fully saturated rings. The third-order valence-corrected chi connectivity index (χ3v) is 12.7. The van der Waals surface area contributed by atoms with Crippen molar-refractivity contribution in [2.45, 2.75) is 0 Å². The van der Waals surface area contributed by atoms with Crippen LogP contribution in [0.5, 0.6) is 23.0 Å². The van der Waals surface area contributed by atoms with Crippen LogP contribution in [0.15, 0.2) is 158 Å². The molecule has 2 N–H and O–H groups in total. The van der Waals surface area contributed by atoms with E-state index in [2.05, 4.69) is 137 Å². The number of ether oxygens (including phenoxy) is 8. The fraction of sp³-hybridized carbons (Fsp3) is 0.194. The van der Waals surface area contributed by atoms with Crippen LogP contribution in [-0.2, 0) is 18.9 Å². The van der Waals surface area contributed by atoms with E-state index in [0.717, 1.165) is 89.4 Å². The zero-order valence-corrected chi connectivity index (χ0v) is 41.0. The van der Waals surface area contributed by atoms with Gasteiger partial charge in [-0.2, -0.15) is 0 Å². The van der Waals surface area contributed by atoms with E-state index >= 15 is 0 Å². The summed E-state index contributed by atoms with van der Waals surface area (Å²) in [7, 11) is 0. The Morgan fingerprint density at radius 3 is 0.932 bits per heavy atom. The fourth-order valence-corrected chi connectivity index (χ4v) is 9.31. The molecule has 3 aliphatic heterocycles. The van der Waals surface area contributed by atoms with E-state index in [1.165, 1.54) is 0 Å². The maximum atomic E-state index is 6.53. The zero-order chi connectivity index (χ0) is 49.7. The number of hydrogen-bond donors (Lipinski definition) is 2. The van der Waals surface area contributed by atoms with Crippen LogP contribution in [-0.4, -0.2) is 99.2 Å². The average molecular weight is 985 g/mol. The van der Waals surface area contributed by atoms with Gasteiger partial charge < -0.3 is 47.9 Å². The lowest BCUT2D eigenvalue weighted by Crippen LogP contribution is -2.15. The quantitative estimate of drug-likeness (QED) is 0.176. The van der Waals surface area contributed by atoms with Crippen LogP contribution in [0.25, 0.3) is 90.9 Å². The van der Waals surface area contributed by atoms with Gasteiger partial charge >= 0.3 is 0 Å². The van der Waals surface area contributed by atoms with Gasteiger partial charge in [0, 0.05) is 44.3 Å². The first-order chi connectivity index (χ1) is 36.7. The topological polar surface area (TPSA) is 131 Å². The molecule has 74 heavy (non-hydrogen) atoms. The Hall–Kier alpha value is -8.26. The molecule has 0 saturated carbocycles. The van der Waals surface area contributed by atoms with Crippen molar-refractivity contribution in [3.63, 3.8) is 0 Å². The maximum Gasteiger partial charge on any atom is 0.161 e. The van der Waals surface area contributed by atoms with Crippen LogP contribution >= 0.6 is 0 Å². The number of nitrogens with zero attached hydrogens (tertiary/aromatic N) is 2. The molecule has 3 aromatic heterocycles. The largest absolute Gasteiger partial charge is 0.487 e. The molecule has 8 aromatic rings. The molecule has 0 saturated heterocycles. The molecular formula is C62H56N4O8. The van der Waals surface area contributed by atoms with Crippen molar-refractivity contribution in [1.82, 2.24) is 19.9 Å². The van der Waals surface area contributed by atoms with E-state index in [1.54, 1.807) is 0 Å². The minimum absolute atomic E-state index is 0.273. The minimum Gasteiger partial charge on any atom is -0.487 e. The molecule has 372 valence electrons. The van der Waals surface area contributed by atoms with Gasteiger partial charge in [0.05, 0.1) is 75.6 Å². The summed E-state index contributed by atoms with van der Waals surface area (Å²) in [5.41, 5.74) is 14.8. The summed E-state index contributed by atoms with van der Waals surface area (Å²) in [6, 6.07) is 53.4. The normalized spacial score (nSPS) is 15.0. The fourth-order valence-electron chi connectivity index (χ4n) is 9.31. The molecular weight excluding hydrogens is 929 g/mol. The van der Waals surface area contributed by atoms with E-state index in [0.29, 0.717) is 95.7 Å². The number of fused-ring (bicyclic) bond motifs is 10. The minimum atomic E-state index is 0.273. The molecule has 0 amide bonds. The van der Waals surface area contributed by atoms with E-state index < -0.39 is 0 Å². The van der Waals surface area contributed by atoms with Gasteiger partial charge in [-0.1, -0.05) is 109 Å². The SMILES string of the molecule is C1=Cc2nc1c(-c1ccccc1)c1ccc([nH]1)c(-c1ccccc1)c1nc(c(-c3ccc4c(c3)OCCOCCOCCOc3ccccc3OCCOCCOCCO4)c3ccc([nH]3)c2-c2ccccc2)C=C1. The van der Waals surface area contributed by atoms with Gasteiger partial charge in [-0.25, -0.2) is 9.97 Å². The lowest BCUT2D eigenvalue weighted by molar-refractivity contribution is 0.0223. The highest BCUT2D eigenvalue weighted by molar-refractivity contribution is 6.00. The summed E-state index contributed by atoms with van der Waals surface area (Å²) >= 11 is 0. The van der Waals surface area contributed by atoms with E-state index in [-0.39, 0.29) is 6.61 Å². The molecule has 0 aliphatic carbocycles. The van der Waals surface area contributed by atoms with Crippen molar-refractivity contribution in [3.05, 3.63) is 181 Å². The van der Waals surface area contributed by atoms with Crippen LogP contribution in [0, 0.1) is 0 Å². The predicted octanol–water partition coefficient (Wildman–Crippen LogP) is 12.6. The number of para-hydroxylation sites is 2. The van der Waals surface area contributed by atoms with E-state index in [1.807, 2.05) is 54.6 Å². The molecule has 3 aliphatic rings. The number of benzene rings is 5. The Morgan fingerprint density at radius 1 is 0.270 bits per heavy atom. The first-order valence-corrected chi connectivity index (χ1v) is 25.1. The lowest BCUT2D eigenvalue weighted by Gasteiger charge is -2.16. The molecule has 12 heteroatoms. The second kappa shape index (κ2) is 23.5. The van der Waals surface area contributed by atoms with Crippen molar-refractivity contribution in [1.29, 1.82) is 0 Å². The molecule has 8 bridgehead atoms. The third kappa shape index (κ3) is 11.2. The number of rotatable bonds is 4. The standard InChI is InChI=1S/C62H56N4O8/c1-4-12-43(13-5-1)59-47-21-23-49(63-47)60(44-14-6-2-7-15-44)51-25-27-53(65-51)62(54-28-26-52(66-54)61(45-16-8-3-9-17-45)50-24-22-48(59)64-50)46-20-29-57-58(42-46)74-41-37-70-33-32-68-35-39-72-56-19-11-10-18-55(56)71-38-34-67-30-31-69-36-40-73-57/h1-29,42,63,66H,30-41H2. The van der Waals surface area contributed by atoms with Crippen molar-refractivity contribution < 1.29 is 37.9 Å². The Kier molecular flexibility index (Phi) is 15.3. The highest BCUT2D eigenvalue weighted by Gasteiger charge is 2.20. The highest BCUT2D eigenvalue weighted by Crippen LogP contribution is 2.40. The Balaban J connectivity index is 0.998. The predicted molar refractivity (Wildman–Crippen MR) is 292 cm³/mol. The Labute approximate surface area is 429 Å². The zero-order valence-electron chi connectivity index (χ0n) is 41.0. The molecule has 5 aromatic carbocycles. The molecule has 0 spiro atoms. The van der Waals surface area contributed by atoms with Crippen LogP contribution in [0.2, 0.25) is 0 Å². The Bertz CT molecular complexity index is 3390. The summed E-state index contributed by atoms with van der Waals surface area (Å²) in [6.45, 7) is 4.42. The van der Waals surface area contributed by atoms with Gasteiger partial charge in [-0.15, -0.1) is 0 Å². The van der Waals surface area contributed by atoms with Gasteiger partial charge in [-0.3, -0.25) is 0 Å². The summed E-state index contributed by atoms with van der Waals surface area (Å²) in [6.07, 6.45) is 8.43. The number of aromatic amines is 2. The van der Waals surface area contributed by atoms with Gasteiger partial charge in [-0.05, 0) is 95.1 Å². The van der Waals surface area contributed by atoms with Crippen molar-refractivity contribution in [2.75, 3.05) is 79.3 Å². The number of aromatic nitrogens is 4. The monoisotopic (exact) mass is 984 g/mol. The third-order valence-electron chi connectivity index (χ3n) is 12.7. The first-order valence-electron chi connectivity index (χ1n) is 25.1. The number of hydrogen-bond acceptors (Lipinski definition) is 10. The first kappa shape index (κ1) is 48.0. The second-order valence-corrected chi connectivity index (χ2v) is 17.6. The summed E-state index contributed by atoms with van der Waals surface area (Å²) in [5.74, 6) is 2.45. The van der Waals surface area contributed by atoms with Crippen LogP contribution < -0.4 is 18.9 Å². The molecule has 12 nitrogen and oxygen atoms in total. The van der Waals surface area contributed by atoms with Crippen LogP contribution in [0.4, 0.5) is 0 Å². The molecule has 0 unspecified atom stereocenters. The van der Waals surface area contributed by atoms with Crippen LogP contribution in [0.1, 0.15) is 22.8 Å². The number of H-pyrrole nitrogens is 2. The molecule has 11 rings (SSSR count). The summed E-state index contributed by atoms with van der Waals surface area (Å²) < 4.78 is 48.3. The van der Waals surface area contributed by atoms with Gasteiger partial charge in [0.2, 0.25) is 0 Å². The van der Waals surface area contributed by atoms with Gasteiger partial charge in [0.25, 0.3) is 0 Å². The number of nitrogens with one attached hydrogen (secondary N) is 2. The molecule has 0 atom stereocenters. The lowest BCUT2D eigenvalue weighted by atomic mass is 10.0.